The van der Waals surface area contributed by atoms with Crippen molar-refractivity contribution in [1.82, 2.24) is 9.97 Å². The van der Waals surface area contributed by atoms with Crippen LogP contribution in [-0.4, -0.2) is 54.6 Å². The minimum absolute atomic E-state index is 0.0274. The van der Waals surface area contributed by atoms with E-state index in [0.29, 0.717) is 0 Å². The van der Waals surface area contributed by atoms with E-state index in [-0.39, 0.29) is 30.2 Å². The highest BCUT2D eigenvalue weighted by Crippen LogP contribution is 2.21. The van der Waals surface area contributed by atoms with Gasteiger partial charge in [0, 0.05) is 12.4 Å². The molecule has 0 aromatic carbocycles. The van der Waals surface area contributed by atoms with Crippen molar-refractivity contribution in [2.24, 2.45) is 0 Å². The monoisotopic (exact) mass is 335 g/mol. The van der Waals surface area contributed by atoms with E-state index in [9.17, 15) is 21.6 Å². The summed E-state index contributed by atoms with van der Waals surface area (Å²) in [5, 5.41) is 8.03. The Bertz CT molecular complexity index is 745. The molecule has 9 nitrogen and oxygen atoms in total. The van der Waals surface area contributed by atoms with E-state index in [0.717, 1.165) is 12.4 Å². The van der Waals surface area contributed by atoms with Gasteiger partial charge in [0.25, 0.3) is 0 Å². The van der Waals surface area contributed by atoms with Crippen LogP contribution in [-0.2, 0) is 19.9 Å². The van der Waals surface area contributed by atoms with E-state index >= 15 is 0 Å². The Morgan fingerprint density at radius 1 is 1.24 bits per heavy atom. The molecule has 1 fully saturated rings. The molecule has 1 aromatic rings. The predicted molar refractivity (Wildman–Crippen MR) is 73.2 cm³/mol. The van der Waals surface area contributed by atoms with Crippen molar-refractivity contribution in [3.05, 3.63) is 18.1 Å². The van der Waals surface area contributed by atoms with Gasteiger partial charge in [0.1, 0.15) is 9.84 Å². The van der Waals surface area contributed by atoms with Crippen molar-refractivity contribution < 1.29 is 26.7 Å². The zero-order valence-corrected chi connectivity index (χ0v) is 12.4. The number of sulfonamides is 1. The van der Waals surface area contributed by atoms with Gasteiger partial charge in [-0.15, -0.1) is 0 Å². The van der Waals surface area contributed by atoms with Crippen molar-refractivity contribution in [3.8, 4) is 0 Å². The van der Waals surface area contributed by atoms with Gasteiger partial charge in [0.2, 0.25) is 10.0 Å². The number of hydrogen-bond acceptors (Lipinski definition) is 7. The summed E-state index contributed by atoms with van der Waals surface area (Å²) in [5.74, 6) is -2.19. The molecule has 2 N–H and O–H groups in total. The highest BCUT2D eigenvalue weighted by atomic mass is 32.2. The molecule has 0 aliphatic carbocycles. The number of nitrogens with zero attached hydrogens (tertiary/aromatic N) is 2. The number of anilines is 1. The van der Waals surface area contributed by atoms with Crippen LogP contribution in [0.3, 0.4) is 0 Å². The van der Waals surface area contributed by atoms with Gasteiger partial charge in [-0.25, -0.2) is 31.6 Å². The van der Waals surface area contributed by atoms with Gasteiger partial charge >= 0.3 is 5.97 Å². The summed E-state index contributed by atoms with van der Waals surface area (Å²) in [4.78, 5) is 18.2. The molecular formula is C10H13N3O6S2. The van der Waals surface area contributed by atoms with Crippen LogP contribution >= 0.6 is 0 Å². The average molecular weight is 335 g/mol. The van der Waals surface area contributed by atoms with E-state index < -0.39 is 36.8 Å². The molecule has 11 heteroatoms. The van der Waals surface area contributed by atoms with E-state index in [1.165, 1.54) is 0 Å². The van der Waals surface area contributed by atoms with Crippen LogP contribution in [0.5, 0.6) is 0 Å². The first kappa shape index (κ1) is 15.6. The van der Waals surface area contributed by atoms with Crippen molar-refractivity contribution in [2.75, 3.05) is 16.2 Å². The lowest BCUT2D eigenvalue weighted by molar-refractivity contribution is 0.0691. The van der Waals surface area contributed by atoms with Crippen molar-refractivity contribution in [1.29, 1.82) is 0 Å². The van der Waals surface area contributed by atoms with Gasteiger partial charge in [-0.05, 0) is 12.8 Å². The predicted octanol–water partition coefficient (Wildman–Crippen LogP) is -0.506. The maximum absolute atomic E-state index is 12.2. The van der Waals surface area contributed by atoms with Crippen LogP contribution in [0.15, 0.2) is 12.4 Å². The normalized spacial score (nSPS) is 19.0. The van der Waals surface area contributed by atoms with Crippen LogP contribution in [0.2, 0.25) is 0 Å². The van der Waals surface area contributed by atoms with E-state index in [1.54, 1.807) is 0 Å². The third-order valence-electron chi connectivity index (χ3n) is 3.08. The summed E-state index contributed by atoms with van der Waals surface area (Å²) in [7, 11) is -7.11. The number of nitrogens with one attached hydrogen (secondary N) is 1. The summed E-state index contributed by atoms with van der Waals surface area (Å²) in [6.45, 7) is 0. The maximum Gasteiger partial charge on any atom is 0.358 e. The van der Waals surface area contributed by atoms with Crippen LogP contribution in [0.1, 0.15) is 23.3 Å². The summed E-state index contributed by atoms with van der Waals surface area (Å²) >= 11 is 0. The standard InChI is InChI=1S/C10H13N3O6S2/c14-10(15)8-9(12-4-3-11-8)13-21(18,19)7-1-5-20(16,17)6-2-7/h3-4,7H,1-2,5-6H2,(H,12,13)(H,14,15). The number of sulfone groups is 1. The molecule has 0 bridgehead atoms. The van der Waals surface area contributed by atoms with Crippen LogP contribution in [0.4, 0.5) is 5.82 Å². The van der Waals surface area contributed by atoms with Crippen LogP contribution in [0.25, 0.3) is 0 Å². The molecule has 2 heterocycles. The molecule has 1 aliphatic heterocycles. The molecule has 0 radical (unpaired) electrons. The summed E-state index contributed by atoms with van der Waals surface area (Å²) in [6, 6.07) is 0. The number of aromatic nitrogens is 2. The number of hydrogen-bond donors (Lipinski definition) is 2. The van der Waals surface area contributed by atoms with Crippen molar-refractivity contribution >= 4 is 31.6 Å². The number of aromatic carboxylic acids is 1. The van der Waals surface area contributed by atoms with Crippen molar-refractivity contribution in [3.63, 3.8) is 0 Å². The van der Waals surface area contributed by atoms with Gasteiger partial charge in [-0.2, -0.15) is 0 Å². The third kappa shape index (κ3) is 3.67. The Balaban J connectivity index is 2.21. The zero-order chi connectivity index (χ0) is 15.7. The number of carbonyl (C=O) groups is 1. The first-order chi connectivity index (χ1) is 9.71. The number of carboxylic acid groups (broad SMARTS) is 1. The fourth-order valence-electron chi connectivity index (χ4n) is 1.97. The largest absolute Gasteiger partial charge is 0.476 e. The molecule has 2 rings (SSSR count). The average Bonchev–Trinajstić information content (AvgIpc) is 2.38. The smallest absolute Gasteiger partial charge is 0.358 e. The maximum atomic E-state index is 12.2. The number of rotatable bonds is 4. The fourth-order valence-corrected chi connectivity index (χ4v) is 5.20. The summed E-state index contributed by atoms with van der Waals surface area (Å²) < 4.78 is 49.1. The Hall–Kier alpha value is -1.75. The van der Waals surface area contributed by atoms with Gasteiger partial charge in [0.15, 0.2) is 11.5 Å². The van der Waals surface area contributed by atoms with Gasteiger partial charge < -0.3 is 5.11 Å². The summed E-state index contributed by atoms with van der Waals surface area (Å²) in [5.41, 5.74) is -0.510. The lowest BCUT2D eigenvalue weighted by atomic mass is 10.2. The second-order valence-electron chi connectivity index (χ2n) is 4.56. The first-order valence-electron chi connectivity index (χ1n) is 5.98. The molecule has 0 amide bonds. The molecule has 1 saturated heterocycles. The molecule has 0 spiro atoms. The van der Waals surface area contributed by atoms with Gasteiger partial charge in [-0.3, -0.25) is 4.72 Å². The second-order valence-corrected chi connectivity index (χ2v) is 8.82. The first-order valence-corrected chi connectivity index (χ1v) is 9.34. The molecule has 1 aromatic heterocycles. The lowest BCUT2D eigenvalue weighted by Gasteiger charge is -2.22. The van der Waals surface area contributed by atoms with E-state index in [1.807, 2.05) is 0 Å². The lowest BCUT2D eigenvalue weighted by Crippen LogP contribution is -2.36. The fraction of sp³-hybridized carbons (Fsp3) is 0.500. The Morgan fingerprint density at radius 2 is 1.81 bits per heavy atom. The summed E-state index contributed by atoms with van der Waals surface area (Å²) in [6.07, 6.45) is 2.24. The SMILES string of the molecule is O=C(O)c1nccnc1NS(=O)(=O)C1CCS(=O)(=O)CC1. The highest BCUT2D eigenvalue weighted by molar-refractivity contribution is 7.94. The molecule has 0 atom stereocenters. The highest BCUT2D eigenvalue weighted by Gasteiger charge is 2.33. The van der Waals surface area contributed by atoms with Crippen LogP contribution in [0, 0.1) is 0 Å². The molecule has 0 saturated carbocycles. The molecule has 116 valence electrons. The Kier molecular flexibility index (Phi) is 4.14. The topological polar surface area (TPSA) is 143 Å². The van der Waals surface area contributed by atoms with Gasteiger partial charge in [0.05, 0.1) is 16.8 Å². The molecule has 1 aliphatic rings. The molecule has 21 heavy (non-hydrogen) atoms. The second kappa shape index (κ2) is 5.56. The minimum Gasteiger partial charge on any atom is -0.476 e. The number of carboxylic acids is 1. The van der Waals surface area contributed by atoms with E-state index in [4.69, 9.17) is 5.11 Å². The van der Waals surface area contributed by atoms with Crippen LogP contribution < -0.4 is 4.72 Å². The minimum atomic E-state index is -3.92. The van der Waals surface area contributed by atoms with Crippen molar-refractivity contribution in [2.45, 2.75) is 18.1 Å². The van der Waals surface area contributed by atoms with E-state index in [2.05, 4.69) is 14.7 Å². The third-order valence-corrected chi connectivity index (χ3v) is 6.62. The van der Waals surface area contributed by atoms with Gasteiger partial charge in [-0.1, -0.05) is 0 Å². The zero-order valence-electron chi connectivity index (χ0n) is 10.8. The molecular weight excluding hydrogens is 322 g/mol. The Labute approximate surface area is 121 Å². The quantitative estimate of drug-likeness (QED) is 0.749. The Morgan fingerprint density at radius 3 is 2.38 bits per heavy atom. The molecule has 0 unspecified atom stereocenters.